The van der Waals surface area contributed by atoms with E-state index in [1.165, 1.54) is 29.9 Å². The van der Waals surface area contributed by atoms with Crippen molar-refractivity contribution in [2.75, 3.05) is 18.0 Å². The molecule has 0 saturated carbocycles. The molecule has 0 aliphatic carbocycles. The third-order valence-electron chi connectivity index (χ3n) is 4.68. The minimum Gasteiger partial charge on any atom is -0.354 e. The van der Waals surface area contributed by atoms with E-state index in [-0.39, 0.29) is 0 Å². The second-order valence-corrected chi connectivity index (χ2v) is 6.41. The Morgan fingerprint density at radius 2 is 2.10 bits per heavy atom. The van der Waals surface area contributed by atoms with Crippen LogP contribution in [0.15, 0.2) is 12.1 Å². The third-order valence-corrected chi connectivity index (χ3v) is 4.68. The Morgan fingerprint density at radius 1 is 1.29 bits per heavy atom. The van der Waals surface area contributed by atoms with E-state index in [2.05, 4.69) is 50.0 Å². The van der Waals surface area contributed by atoms with E-state index in [0.29, 0.717) is 6.04 Å². The van der Waals surface area contributed by atoms with Gasteiger partial charge in [-0.05, 0) is 56.3 Å². The highest BCUT2D eigenvalue weighted by Gasteiger charge is 2.26. The fourth-order valence-electron chi connectivity index (χ4n) is 3.19. The van der Waals surface area contributed by atoms with E-state index in [1.54, 1.807) is 0 Å². The van der Waals surface area contributed by atoms with Crippen molar-refractivity contribution in [3.8, 4) is 0 Å². The Balaban J connectivity index is 2.25. The lowest BCUT2D eigenvalue weighted by molar-refractivity contribution is 0.361. The van der Waals surface area contributed by atoms with Crippen molar-refractivity contribution in [2.45, 2.75) is 66.0 Å². The van der Waals surface area contributed by atoms with Gasteiger partial charge in [-0.2, -0.15) is 0 Å². The number of nitrogens with zero attached hydrogens (tertiary/aromatic N) is 2. The first-order chi connectivity index (χ1) is 10.2. The first-order valence-electron chi connectivity index (χ1n) is 8.62. The molecule has 21 heavy (non-hydrogen) atoms. The lowest BCUT2D eigenvalue weighted by atomic mass is 9.92. The maximum absolute atomic E-state index is 4.94. The van der Waals surface area contributed by atoms with Crippen LogP contribution in [0.2, 0.25) is 0 Å². The lowest BCUT2D eigenvalue weighted by Crippen LogP contribution is -2.43. The molecular weight excluding hydrogens is 258 g/mol. The number of piperidine rings is 1. The minimum absolute atomic E-state index is 0.593. The number of aromatic nitrogens is 1. The van der Waals surface area contributed by atoms with E-state index in [1.807, 2.05) is 0 Å². The molecule has 0 spiro atoms. The van der Waals surface area contributed by atoms with Crippen LogP contribution >= 0.6 is 0 Å². The van der Waals surface area contributed by atoms with Crippen LogP contribution in [0.25, 0.3) is 0 Å². The number of anilines is 1. The van der Waals surface area contributed by atoms with Gasteiger partial charge in [-0.25, -0.2) is 4.98 Å². The highest BCUT2D eigenvalue weighted by molar-refractivity contribution is 5.44. The number of nitrogens with one attached hydrogen (secondary N) is 1. The monoisotopic (exact) mass is 289 g/mol. The molecule has 1 aliphatic heterocycles. The smallest absolute Gasteiger partial charge is 0.129 e. The first-order valence-corrected chi connectivity index (χ1v) is 8.62. The summed E-state index contributed by atoms with van der Waals surface area (Å²) in [6.07, 6.45) is 4.86. The molecule has 3 heteroatoms. The molecule has 1 aromatic heterocycles. The van der Waals surface area contributed by atoms with Crippen LogP contribution in [0.3, 0.4) is 0 Å². The molecule has 2 atom stereocenters. The van der Waals surface area contributed by atoms with Crippen molar-refractivity contribution in [1.82, 2.24) is 10.3 Å². The molecule has 1 N–H and O–H groups in total. The van der Waals surface area contributed by atoms with Gasteiger partial charge in [-0.15, -0.1) is 0 Å². The number of rotatable bonds is 6. The zero-order chi connectivity index (χ0) is 15.2. The van der Waals surface area contributed by atoms with Crippen molar-refractivity contribution in [3.63, 3.8) is 0 Å². The molecule has 0 radical (unpaired) electrons. The van der Waals surface area contributed by atoms with Crippen LogP contribution in [0, 0.1) is 5.92 Å². The summed E-state index contributed by atoms with van der Waals surface area (Å²) in [4.78, 5) is 7.45. The topological polar surface area (TPSA) is 28.2 Å². The average molecular weight is 289 g/mol. The summed E-state index contributed by atoms with van der Waals surface area (Å²) in [5, 5.41) is 3.44. The fraction of sp³-hybridized carbons (Fsp3) is 0.722. The molecule has 1 aliphatic rings. The molecule has 118 valence electrons. The Bertz CT molecular complexity index is 444. The summed E-state index contributed by atoms with van der Waals surface area (Å²) in [5.74, 6) is 1.94. The first kappa shape index (κ1) is 16.3. The predicted molar refractivity (Wildman–Crippen MR) is 90.8 cm³/mol. The number of hydrogen-bond donors (Lipinski definition) is 1. The summed E-state index contributed by atoms with van der Waals surface area (Å²) in [6.45, 7) is 12.2. The standard InChI is InChI=1S/C18H31N3/c1-5-8-17-11-16(13-19-6-2)12-18(20-17)21-10-7-9-14(3)15(21)4/h11-12,14-15,19H,5-10,13H2,1-4H3. The Hall–Kier alpha value is -1.09. The molecule has 3 nitrogen and oxygen atoms in total. The van der Waals surface area contributed by atoms with E-state index in [4.69, 9.17) is 4.98 Å². The third kappa shape index (κ3) is 4.19. The van der Waals surface area contributed by atoms with Gasteiger partial charge in [0, 0.05) is 24.8 Å². The molecule has 1 fully saturated rings. The molecular formula is C18H31N3. The molecule has 2 heterocycles. The van der Waals surface area contributed by atoms with Crippen LogP contribution in [0.5, 0.6) is 0 Å². The molecule has 1 aromatic rings. The summed E-state index contributed by atoms with van der Waals surface area (Å²) in [7, 11) is 0. The second kappa shape index (κ2) is 7.79. The Labute approximate surface area is 130 Å². The van der Waals surface area contributed by atoms with Crippen molar-refractivity contribution >= 4 is 5.82 Å². The summed E-state index contributed by atoms with van der Waals surface area (Å²) in [5.41, 5.74) is 2.61. The van der Waals surface area contributed by atoms with Crippen LogP contribution in [-0.4, -0.2) is 24.1 Å². The van der Waals surface area contributed by atoms with Gasteiger partial charge >= 0.3 is 0 Å². The summed E-state index contributed by atoms with van der Waals surface area (Å²) < 4.78 is 0. The van der Waals surface area contributed by atoms with Crippen molar-refractivity contribution in [2.24, 2.45) is 5.92 Å². The highest BCUT2D eigenvalue weighted by Crippen LogP contribution is 2.28. The van der Waals surface area contributed by atoms with Gasteiger partial charge in [0.1, 0.15) is 5.82 Å². The number of hydrogen-bond acceptors (Lipinski definition) is 3. The SMILES string of the molecule is CCCc1cc(CNCC)cc(N2CCCC(C)C2C)n1. The van der Waals surface area contributed by atoms with E-state index >= 15 is 0 Å². The normalized spacial score (nSPS) is 22.6. The fourth-order valence-corrected chi connectivity index (χ4v) is 3.19. The van der Waals surface area contributed by atoms with Gasteiger partial charge in [0.2, 0.25) is 0 Å². The molecule has 0 amide bonds. The van der Waals surface area contributed by atoms with Crippen molar-refractivity contribution in [1.29, 1.82) is 0 Å². The largest absolute Gasteiger partial charge is 0.354 e. The van der Waals surface area contributed by atoms with Gasteiger partial charge in [0.15, 0.2) is 0 Å². The molecule has 2 unspecified atom stereocenters. The zero-order valence-electron chi connectivity index (χ0n) is 14.2. The number of pyridine rings is 1. The minimum atomic E-state index is 0.593. The average Bonchev–Trinajstić information content (AvgIpc) is 2.48. The molecule has 1 saturated heterocycles. The van der Waals surface area contributed by atoms with Gasteiger partial charge in [0.25, 0.3) is 0 Å². The van der Waals surface area contributed by atoms with Crippen LogP contribution in [0.4, 0.5) is 5.82 Å². The van der Waals surface area contributed by atoms with Gasteiger partial charge in [-0.3, -0.25) is 0 Å². The number of aryl methyl sites for hydroxylation is 1. The predicted octanol–water partition coefficient (Wildman–Crippen LogP) is 3.77. The van der Waals surface area contributed by atoms with Crippen molar-refractivity contribution < 1.29 is 0 Å². The second-order valence-electron chi connectivity index (χ2n) is 6.41. The van der Waals surface area contributed by atoms with E-state index in [9.17, 15) is 0 Å². The van der Waals surface area contributed by atoms with E-state index < -0.39 is 0 Å². The van der Waals surface area contributed by atoms with Gasteiger partial charge < -0.3 is 10.2 Å². The van der Waals surface area contributed by atoms with E-state index in [0.717, 1.165) is 38.4 Å². The molecule has 2 rings (SSSR count). The highest BCUT2D eigenvalue weighted by atomic mass is 15.2. The Kier molecular flexibility index (Phi) is 6.04. The van der Waals surface area contributed by atoms with Crippen molar-refractivity contribution in [3.05, 3.63) is 23.4 Å². The van der Waals surface area contributed by atoms with Crippen LogP contribution in [0.1, 0.15) is 58.2 Å². The Morgan fingerprint density at radius 3 is 2.81 bits per heavy atom. The van der Waals surface area contributed by atoms with Crippen LogP contribution in [-0.2, 0) is 13.0 Å². The maximum Gasteiger partial charge on any atom is 0.129 e. The zero-order valence-corrected chi connectivity index (χ0v) is 14.2. The van der Waals surface area contributed by atoms with Gasteiger partial charge in [0.05, 0.1) is 0 Å². The maximum atomic E-state index is 4.94. The molecule has 0 bridgehead atoms. The molecule has 0 aromatic carbocycles. The van der Waals surface area contributed by atoms with Crippen LogP contribution < -0.4 is 10.2 Å². The van der Waals surface area contributed by atoms with Gasteiger partial charge in [-0.1, -0.05) is 27.2 Å². The lowest BCUT2D eigenvalue weighted by Gasteiger charge is -2.39. The summed E-state index contributed by atoms with van der Waals surface area (Å²) >= 11 is 0. The quantitative estimate of drug-likeness (QED) is 0.864. The summed E-state index contributed by atoms with van der Waals surface area (Å²) in [6, 6.07) is 5.15.